The number of nitrogens with zero attached hydrogens (tertiary/aromatic N) is 1. The number of rotatable bonds is 4. The first-order valence-electron chi connectivity index (χ1n) is 4.06. The molecule has 1 amide bonds. The summed E-state index contributed by atoms with van der Waals surface area (Å²) >= 11 is 0. The summed E-state index contributed by atoms with van der Waals surface area (Å²) in [4.78, 5) is 11.0. The van der Waals surface area contributed by atoms with Crippen molar-refractivity contribution in [3.8, 4) is 12.5 Å². The predicted molar refractivity (Wildman–Crippen MR) is 50.6 cm³/mol. The molecule has 0 aliphatic rings. The Labute approximate surface area is 86.1 Å². The van der Waals surface area contributed by atoms with Gasteiger partial charge in [-0.15, -0.1) is 0 Å². The van der Waals surface area contributed by atoms with Crippen LogP contribution >= 0.6 is 0 Å². The molecule has 0 N–H and O–H groups in total. The lowest BCUT2D eigenvalue weighted by Gasteiger charge is -2.15. The molecule has 0 radical (unpaired) electrons. The average molecular weight is 217 g/mol. The number of carbonyl (C=O) groups excluding carboxylic acids is 1. The third-order valence-electron chi connectivity index (χ3n) is 1.44. The highest BCUT2D eigenvalue weighted by molar-refractivity contribution is 5.83. The Morgan fingerprint density at radius 3 is 2.53 bits per heavy atom. The van der Waals surface area contributed by atoms with Crippen molar-refractivity contribution in [2.24, 2.45) is 0 Å². The van der Waals surface area contributed by atoms with Crippen LogP contribution in [0.15, 0.2) is 24.8 Å². The van der Waals surface area contributed by atoms with E-state index in [1.54, 1.807) is 18.2 Å². The van der Waals surface area contributed by atoms with E-state index in [-0.39, 0.29) is 13.0 Å². The highest BCUT2D eigenvalue weighted by Gasteiger charge is 2.41. The summed E-state index contributed by atoms with van der Waals surface area (Å²) < 4.78 is 35.8. The molecule has 82 valence electrons. The highest BCUT2D eigenvalue weighted by Crippen LogP contribution is 2.18. The Morgan fingerprint density at radius 2 is 2.13 bits per heavy atom. The van der Waals surface area contributed by atoms with E-state index >= 15 is 0 Å². The van der Waals surface area contributed by atoms with Crippen LogP contribution in [0.5, 0.6) is 0 Å². The number of alkyl halides is 3. The van der Waals surface area contributed by atoms with Crippen LogP contribution in [0.4, 0.5) is 13.2 Å². The number of hydrogen-bond acceptors (Lipinski definition) is 1. The Kier molecular flexibility index (Phi) is 5.24. The second-order valence-corrected chi connectivity index (χ2v) is 2.54. The number of hydrogen-bond donors (Lipinski definition) is 0. The molecule has 0 fully saturated rings. The van der Waals surface area contributed by atoms with Crippen molar-refractivity contribution in [3.63, 3.8) is 0 Å². The molecule has 15 heavy (non-hydrogen) atoms. The van der Waals surface area contributed by atoms with Gasteiger partial charge in [-0.2, -0.15) is 13.2 Å². The molecule has 2 nitrogen and oxygen atoms in total. The van der Waals surface area contributed by atoms with Gasteiger partial charge in [0.15, 0.2) is 0 Å². The van der Waals surface area contributed by atoms with Crippen molar-refractivity contribution >= 4 is 5.91 Å². The molecule has 0 saturated carbocycles. The van der Waals surface area contributed by atoms with Crippen molar-refractivity contribution in [2.75, 3.05) is 6.54 Å². The Bertz CT molecular complexity index is 299. The predicted octanol–water partition coefficient (Wildman–Crippen LogP) is 2.10. The number of amides is 1. The molecule has 0 aliphatic carbocycles. The number of halogens is 3. The van der Waals surface area contributed by atoms with E-state index in [1.807, 2.05) is 0 Å². The minimum atomic E-state index is -4.92. The van der Waals surface area contributed by atoms with Gasteiger partial charge in [0.25, 0.3) is 0 Å². The van der Waals surface area contributed by atoms with E-state index in [0.29, 0.717) is 4.90 Å². The van der Waals surface area contributed by atoms with Gasteiger partial charge in [-0.1, -0.05) is 31.2 Å². The molecule has 0 aromatic carbocycles. The monoisotopic (exact) mass is 217 g/mol. The molecular weight excluding hydrogens is 207 g/mol. The molecular formula is C10H10F3NO. The Hall–Kier alpha value is -1.70. The minimum absolute atomic E-state index is 0.167. The Balaban J connectivity index is 4.28. The SMILES string of the molecule is C#CN(CC/C=C/C=C)C(=O)C(F)(F)F. The topological polar surface area (TPSA) is 20.3 Å². The van der Waals surface area contributed by atoms with Crippen LogP contribution in [-0.4, -0.2) is 23.5 Å². The molecule has 0 atom stereocenters. The molecule has 0 aromatic heterocycles. The van der Waals surface area contributed by atoms with E-state index in [1.165, 1.54) is 6.08 Å². The molecule has 0 aromatic rings. The lowest BCUT2D eigenvalue weighted by Crippen LogP contribution is -2.38. The molecule has 0 rings (SSSR count). The summed E-state index contributed by atoms with van der Waals surface area (Å²) in [6.45, 7) is 3.22. The molecule has 0 heterocycles. The van der Waals surface area contributed by atoms with E-state index in [2.05, 4.69) is 6.58 Å². The molecule has 5 heteroatoms. The quantitative estimate of drug-likeness (QED) is 0.401. The lowest BCUT2D eigenvalue weighted by atomic mass is 10.3. The molecule has 0 unspecified atom stereocenters. The van der Waals surface area contributed by atoms with Crippen LogP contribution < -0.4 is 0 Å². The maximum Gasteiger partial charge on any atom is 0.472 e. The summed E-state index contributed by atoms with van der Waals surface area (Å²) in [5, 5.41) is 0. The molecule has 0 spiro atoms. The van der Waals surface area contributed by atoms with E-state index < -0.39 is 12.1 Å². The zero-order chi connectivity index (χ0) is 11.9. The fraction of sp³-hybridized carbons (Fsp3) is 0.300. The summed E-state index contributed by atoms with van der Waals surface area (Å²) in [6, 6.07) is 1.69. The zero-order valence-corrected chi connectivity index (χ0v) is 7.92. The summed E-state index contributed by atoms with van der Waals surface area (Å²) in [6.07, 6.45) is 4.73. The van der Waals surface area contributed by atoms with Gasteiger partial charge >= 0.3 is 12.1 Å². The minimum Gasteiger partial charge on any atom is -0.263 e. The first-order chi connectivity index (χ1) is 6.93. The molecule has 0 bridgehead atoms. The van der Waals surface area contributed by atoms with Crippen LogP contribution in [-0.2, 0) is 4.79 Å². The van der Waals surface area contributed by atoms with E-state index in [4.69, 9.17) is 6.42 Å². The van der Waals surface area contributed by atoms with Gasteiger partial charge in [0.05, 0.1) is 0 Å². The van der Waals surface area contributed by atoms with Gasteiger partial charge in [0, 0.05) is 12.6 Å². The van der Waals surface area contributed by atoms with Gasteiger partial charge < -0.3 is 0 Å². The zero-order valence-electron chi connectivity index (χ0n) is 7.92. The lowest BCUT2D eigenvalue weighted by molar-refractivity contribution is -0.181. The van der Waals surface area contributed by atoms with Gasteiger partial charge in [-0.25, -0.2) is 0 Å². The number of carbonyl (C=O) groups is 1. The standard InChI is InChI=1S/C10H10F3NO/c1-3-5-6-7-8-14(4-2)9(15)10(11,12)13/h2-3,5-6H,1,7-8H2/b6-5+. The summed E-state index contributed by atoms with van der Waals surface area (Å²) in [5.74, 6) is -2.02. The Morgan fingerprint density at radius 1 is 1.53 bits per heavy atom. The number of allylic oxidation sites excluding steroid dienone is 2. The van der Waals surface area contributed by atoms with Crippen LogP contribution in [0.3, 0.4) is 0 Å². The summed E-state index contributed by atoms with van der Waals surface area (Å²) in [5.41, 5.74) is 0. The normalized spacial score (nSPS) is 11.1. The second-order valence-electron chi connectivity index (χ2n) is 2.54. The van der Waals surface area contributed by atoms with Crippen LogP contribution in [0, 0.1) is 12.5 Å². The highest BCUT2D eigenvalue weighted by atomic mass is 19.4. The van der Waals surface area contributed by atoms with Crippen molar-refractivity contribution in [1.29, 1.82) is 0 Å². The smallest absolute Gasteiger partial charge is 0.263 e. The first kappa shape index (κ1) is 13.3. The third kappa shape index (κ3) is 4.91. The molecule has 0 aliphatic heterocycles. The van der Waals surface area contributed by atoms with Crippen molar-refractivity contribution in [2.45, 2.75) is 12.6 Å². The van der Waals surface area contributed by atoms with Gasteiger partial charge in [0.2, 0.25) is 0 Å². The van der Waals surface area contributed by atoms with Crippen molar-refractivity contribution in [1.82, 2.24) is 4.90 Å². The van der Waals surface area contributed by atoms with E-state index in [9.17, 15) is 18.0 Å². The van der Waals surface area contributed by atoms with E-state index in [0.717, 1.165) is 0 Å². The maximum atomic E-state index is 11.9. The molecule has 0 saturated heterocycles. The van der Waals surface area contributed by atoms with Crippen molar-refractivity contribution < 1.29 is 18.0 Å². The van der Waals surface area contributed by atoms with Gasteiger partial charge in [-0.05, 0) is 6.42 Å². The third-order valence-corrected chi connectivity index (χ3v) is 1.44. The second kappa shape index (κ2) is 5.91. The largest absolute Gasteiger partial charge is 0.472 e. The van der Waals surface area contributed by atoms with Crippen LogP contribution in [0.25, 0.3) is 0 Å². The van der Waals surface area contributed by atoms with Crippen LogP contribution in [0.2, 0.25) is 0 Å². The van der Waals surface area contributed by atoms with Crippen LogP contribution in [0.1, 0.15) is 6.42 Å². The fourth-order valence-electron chi connectivity index (χ4n) is 0.774. The van der Waals surface area contributed by atoms with Crippen molar-refractivity contribution in [3.05, 3.63) is 24.8 Å². The maximum absolute atomic E-state index is 11.9. The first-order valence-corrected chi connectivity index (χ1v) is 4.06. The summed E-state index contributed by atoms with van der Waals surface area (Å²) in [7, 11) is 0. The number of terminal acetylenes is 1. The van der Waals surface area contributed by atoms with Gasteiger partial charge in [-0.3, -0.25) is 9.69 Å². The fourth-order valence-corrected chi connectivity index (χ4v) is 0.774. The average Bonchev–Trinajstić information content (AvgIpc) is 2.16. The van der Waals surface area contributed by atoms with Gasteiger partial charge in [0.1, 0.15) is 0 Å².